The predicted octanol–water partition coefficient (Wildman–Crippen LogP) is 2.63. The monoisotopic (exact) mass is 274 g/mol. The van der Waals surface area contributed by atoms with Crippen LogP contribution in [-0.2, 0) is 9.53 Å². The first-order chi connectivity index (χ1) is 9.76. The van der Waals surface area contributed by atoms with Crippen molar-refractivity contribution in [1.29, 1.82) is 5.26 Å². The molecule has 4 heteroatoms. The second kappa shape index (κ2) is 9.11. The average molecular weight is 274 g/mol. The minimum Gasteiger partial charge on any atom is -0.385 e. The van der Waals surface area contributed by atoms with Crippen LogP contribution in [0.1, 0.15) is 25.3 Å². The standard InChI is InChI=1S/C13H14N2O.C3H8O/c14-9-12-3-1-2-4-13(12)15-7-5-11(10-16)6-8-15;1-3-4-2/h1-4,10-11H,5-8H2;3H2,1-2H3. The van der Waals surface area contributed by atoms with Gasteiger partial charge in [0.25, 0.3) is 0 Å². The summed E-state index contributed by atoms with van der Waals surface area (Å²) in [6.45, 7) is 4.50. The molecular formula is C16H22N2O2. The fourth-order valence-electron chi connectivity index (χ4n) is 2.12. The third-order valence-corrected chi connectivity index (χ3v) is 3.39. The van der Waals surface area contributed by atoms with Gasteiger partial charge in [0.2, 0.25) is 0 Å². The highest BCUT2D eigenvalue weighted by atomic mass is 16.5. The van der Waals surface area contributed by atoms with Crippen molar-refractivity contribution in [3.8, 4) is 6.07 Å². The third-order valence-electron chi connectivity index (χ3n) is 3.39. The van der Waals surface area contributed by atoms with Gasteiger partial charge in [-0.15, -0.1) is 0 Å². The average Bonchev–Trinajstić information content (AvgIpc) is 2.55. The van der Waals surface area contributed by atoms with Crippen molar-refractivity contribution in [2.45, 2.75) is 19.8 Å². The number of para-hydroxylation sites is 1. The molecule has 0 aliphatic carbocycles. The lowest BCUT2D eigenvalue weighted by Gasteiger charge is -2.32. The van der Waals surface area contributed by atoms with Crippen molar-refractivity contribution in [1.82, 2.24) is 0 Å². The first kappa shape index (κ1) is 16.2. The van der Waals surface area contributed by atoms with Crippen LogP contribution in [-0.4, -0.2) is 33.1 Å². The van der Waals surface area contributed by atoms with Gasteiger partial charge in [0.15, 0.2) is 0 Å². The normalized spacial score (nSPS) is 14.9. The molecule has 1 fully saturated rings. The van der Waals surface area contributed by atoms with E-state index in [9.17, 15) is 4.79 Å². The Balaban J connectivity index is 0.000000444. The molecule has 0 spiro atoms. The van der Waals surface area contributed by atoms with Crippen LogP contribution in [0.15, 0.2) is 24.3 Å². The molecular weight excluding hydrogens is 252 g/mol. The molecule has 0 bridgehead atoms. The number of methoxy groups -OCH3 is 1. The van der Waals surface area contributed by atoms with Crippen molar-refractivity contribution in [3.05, 3.63) is 29.8 Å². The van der Waals surface area contributed by atoms with Gasteiger partial charge in [-0.2, -0.15) is 5.26 Å². The summed E-state index contributed by atoms with van der Waals surface area (Å²) in [4.78, 5) is 12.8. The van der Waals surface area contributed by atoms with Gasteiger partial charge < -0.3 is 14.4 Å². The fourth-order valence-corrected chi connectivity index (χ4v) is 2.12. The van der Waals surface area contributed by atoms with E-state index in [0.29, 0.717) is 5.56 Å². The summed E-state index contributed by atoms with van der Waals surface area (Å²) in [6, 6.07) is 9.83. The second-order valence-corrected chi connectivity index (χ2v) is 4.67. The maximum Gasteiger partial charge on any atom is 0.123 e. The molecule has 0 unspecified atom stereocenters. The van der Waals surface area contributed by atoms with Crippen LogP contribution in [0.25, 0.3) is 0 Å². The van der Waals surface area contributed by atoms with E-state index in [1.54, 1.807) is 7.11 Å². The number of rotatable bonds is 3. The summed E-state index contributed by atoms with van der Waals surface area (Å²) >= 11 is 0. The Kier molecular flexibility index (Phi) is 7.38. The van der Waals surface area contributed by atoms with Crippen LogP contribution in [0.3, 0.4) is 0 Å². The fraction of sp³-hybridized carbons (Fsp3) is 0.500. The number of benzene rings is 1. The topological polar surface area (TPSA) is 53.3 Å². The summed E-state index contributed by atoms with van der Waals surface area (Å²) in [5.74, 6) is 0.200. The van der Waals surface area contributed by atoms with Gasteiger partial charge in [0.1, 0.15) is 12.4 Å². The van der Waals surface area contributed by atoms with Crippen LogP contribution < -0.4 is 4.90 Å². The number of nitrogens with zero attached hydrogens (tertiary/aromatic N) is 2. The maximum atomic E-state index is 10.7. The Morgan fingerprint density at radius 1 is 1.40 bits per heavy atom. The molecule has 20 heavy (non-hydrogen) atoms. The summed E-state index contributed by atoms with van der Waals surface area (Å²) < 4.78 is 4.54. The lowest BCUT2D eigenvalue weighted by atomic mass is 9.97. The first-order valence-corrected chi connectivity index (χ1v) is 6.95. The van der Waals surface area contributed by atoms with E-state index in [1.165, 1.54) is 0 Å². The molecule has 1 saturated heterocycles. The molecule has 108 valence electrons. The minimum absolute atomic E-state index is 0.200. The molecule has 0 radical (unpaired) electrons. The number of piperidine rings is 1. The van der Waals surface area contributed by atoms with E-state index in [4.69, 9.17) is 5.26 Å². The molecule has 4 nitrogen and oxygen atoms in total. The molecule has 1 aliphatic rings. The van der Waals surface area contributed by atoms with Crippen molar-refractivity contribution >= 4 is 12.0 Å². The van der Waals surface area contributed by atoms with E-state index in [2.05, 4.69) is 15.7 Å². The Labute approximate surface area is 121 Å². The molecule has 0 N–H and O–H groups in total. The van der Waals surface area contributed by atoms with Crippen LogP contribution >= 0.6 is 0 Å². The SMILES string of the molecule is CCOC.N#Cc1ccccc1N1CCC(C=O)CC1. The highest BCUT2D eigenvalue weighted by molar-refractivity contribution is 5.60. The smallest absolute Gasteiger partial charge is 0.123 e. The summed E-state index contributed by atoms with van der Waals surface area (Å²) in [6.07, 6.45) is 2.83. The zero-order chi connectivity index (χ0) is 14.8. The molecule has 0 saturated carbocycles. The van der Waals surface area contributed by atoms with Crippen LogP contribution in [0.5, 0.6) is 0 Å². The van der Waals surface area contributed by atoms with Gasteiger partial charge in [0.05, 0.1) is 11.3 Å². The van der Waals surface area contributed by atoms with Gasteiger partial charge in [-0.1, -0.05) is 12.1 Å². The molecule has 1 aliphatic heterocycles. The zero-order valence-electron chi connectivity index (χ0n) is 12.2. The minimum atomic E-state index is 0.200. The van der Waals surface area contributed by atoms with Crippen molar-refractivity contribution in [2.24, 2.45) is 5.92 Å². The lowest BCUT2D eigenvalue weighted by Crippen LogP contribution is -2.34. The van der Waals surface area contributed by atoms with E-state index in [0.717, 1.165) is 44.5 Å². The molecule has 0 atom stereocenters. The molecule has 1 aromatic carbocycles. The summed E-state index contributed by atoms with van der Waals surface area (Å²) in [5, 5.41) is 9.01. The van der Waals surface area contributed by atoms with Crippen molar-refractivity contribution in [2.75, 3.05) is 31.7 Å². The zero-order valence-corrected chi connectivity index (χ0v) is 12.2. The Morgan fingerprint density at radius 2 is 2.00 bits per heavy atom. The molecule has 1 aromatic rings. The highest BCUT2D eigenvalue weighted by Crippen LogP contribution is 2.24. The quantitative estimate of drug-likeness (QED) is 0.795. The highest BCUT2D eigenvalue weighted by Gasteiger charge is 2.20. The van der Waals surface area contributed by atoms with Crippen molar-refractivity contribution in [3.63, 3.8) is 0 Å². The number of carbonyl (C=O) groups is 1. The van der Waals surface area contributed by atoms with Crippen molar-refractivity contribution < 1.29 is 9.53 Å². The molecule has 2 rings (SSSR count). The number of anilines is 1. The summed E-state index contributed by atoms with van der Waals surface area (Å²) in [7, 11) is 1.68. The van der Waals surface area contributed by atoms with E-state index >= 15 is 0 Å². The van der Waals surface area contributed by atoms with Gasteiger partial charge in [-0.3, -0.25) is 0 Å². The number of aldehydes is 1. The first-order valence-electron chi connectivity index (χ1n) is 6.95. The van der Waals surface area contributed by atoms with Gasteiger partial charge >= 0.3 is 0 Å². The van der Waals surface area contributed by atoms with Crippen LogP contribution in [0, 0.1) is 17.2 Å². The number of hydrogen-bond donors (Lipinski definition) is 0. The van der Waals surface area contributed by atoms with Gasteiger partial charge in [0, 0.05) is 32.7 Å². The van der Waals surface area contributed by atoms with Gasteiger partial charge in [-0.05, 0) is 31.9 Å². The molecule has 0 aromatic heterocycles. The number of carbonyl (C=O) groups excluding carboxylic acids is 1. The van der Waals surface area contributed by atoms with E-state index in [-0.39, 0.29) is 5.92 Å². The lowest BCUT2D eigenvalue weighted by molar-refractivity contribution is -0.111. The van der Waals surface area contributed by atoms with Crippen LogP contribution in [0.2, 0.25) is 0 Å². The second-order valence-electron chi connectivity index (χ2n) is 4.67. The number of ether oxygens (including phenoxy) is 1. The predicted molar refractivity (Wildman–Crippen MR) is 79.7 cm³/mol. The summed E-state index contributed by atoms with van der Waals surface area (Å²) in [5.41, 5.74) is 1.71. The molecule has 1 heterocycles. The molecule has 0 amide bonds. The Morgan fingerprint density at radius 3 is 2.50 bits per heavy atom. The Hall–Kier alpha value is -1.86. The van der Waals surface area contributed by atoms with E-state index in [1.807, 2.05) is 31.2 Å². The third kappa shape index (κ3) is 4.67. The van der Waals surface area contributed by atoms with Crippen LogP contribution in [0.4, 0.5) is 5.69 Å². The number of nitriles is 1. The van der Waals surface area contributed by atoms with Gasteiger partial charge in [-0.25, -0.2) is 0 Å². The Bertz CT molecular complexity index is 444. The van der Waals surface area contributed by atoms with E-state index < -0.39 is 0 Å². The maximum absolute atomic E-state index is 10.7. The number of hydrogen-bond acceptors (Lipinski definition) is 4. The largest absolute Gasteiger partial charge is 0.385 e.